The first-order valence-corrected chi connectivity index (χ1v) is 7.12. The zero-order valence-electron chi connectivity index (χ0n) is 13.0. The number of aryl methyl sites for hydroxylation is 2. The SMILES string of the molecule is Cc1ccc(-c2cc(C(=O)Nc3ccc(C)c([N+](=O)[O-])c3)n[nH]2)o1. The van der Waals surface area contributed by atoms with E-state index >= 15 is 0 Å². The third-order valence-electron chi connectivity index (χ3n) is 3.48. The van der Waals surface area contributed by atoms with Gasteiger partial charge in [-0.25, -0.2) is 0 Å². The predicted molar refractivity (Wildman–Crippen MR) is 86.8 cm³/mol. The number of hydrogen-bond donors (Lipinski definition) is 2. The number of amides is 1. The lowest BCUT2D eigenvalue weighted by Crippen LogP contribution is -2.12. The summed E-state index contributed by atoms with van der Waals surface area (Å²) in [4.78, 5) is 22.7. The summed E-state index contributed by atoms with van der Waals surface area (Å²) in [7, 11) is 0. The van der Waals surface area contributed by atoms with Crippen LogP contribution < -0.4 is 5.32 Å². The molecule has 3 rings (SSSR count). The number of anilines is 1. The second-order valence-electron chi connectivity index (χ2n) is 5.29. The lowest BCUT2D eigenvalue weighted by molar-refractivity contribution is -0.385. The Balaban J connectivity index is 1.79. The molecule has 8 nitrogen and oxygen atoms in total. The minimum absolute atomic E-state index is 0.0541. The fraction of sp³-hybridized carbons (Fsp3) is 0.125. The molecule has 2 aromatic heterocycles. The van der Waals surface area contributed by atoms with Crippen LogP contribution in [0.2, 0.25) is 0 Å². The molecule has 24 heavy (non-hydrogen) atoms. The number of nitrogens with zero attached hydrogens (tertiary/aromatic N) is 2. The zero-order chi connectivity index (χ0) is 17.3. The third-order valence-corrected chi connectivity index (χ3v) is 3.48. The van der Waals surface area contributed by atoms with E-state index in [1.807, 2.05) is 6.92 Å². The second-order valence-corrected chi connectivity index (χ2v) is 5.29. The highest BCUT2D eigenvalue weighted by molar-refractivity contribution is 6.03. The van der Waals surface area contributed by atoms with Crippen LogP contribution in [0, 0.1) is 24.0 Å². The number of furan rings is 1. The standard InChI is InChI=1S/C16H14N4O4/c1-9-3-5-11(7-14(9)20(22)23)17-16(21)13-8-12(18-19-13)15-6-4-10(2)24-15/h3-8H,1-2H3,(H,17,21)(H,18,19). The predicted octanol–water partition coefficient (Wildman–Crippen LogP) is 3.45. The van der Waals surface area contributed by atoms with E-state index in [0.717, 1.165) is 5.76 Å². The molecular formula is C16H14N4O4. The van der Waals surface area contributed by atoms with Gasteiger partial charge < -0.3 is 9.73 Å². The number of nitro benzene ring substituents is 1. The van der Waals surface area contributed by atoms with Crippen LogP contribution in [0.1, 0.15) is 21.8 Å². The molecule has 2 heterocycles. The van der Waals surface area contributed by atoms with E-state index in [9.17, 15) is 14.9 Å². The van der Waals surface area contributed by atoms with Crippen molar-refractivity contribution in [1.29, 1.82) is 0 Å². The molecule has 0 aliphatic carbocycles. The zero-order valence-corrected chi connectivity index (χ0v) is 13.0. The fourth-order valence-corrected chi connectivity index (χ4v) is 2.22. The summed E-state index contributed by atoms with van der Waals surface area (Å²) < 4.78 is 5.46. The summed E-state index contributed by atoms with van der Waals surface area (Å²) in [5.74, 6) is 0.849. The number of carbonyl (C=O) groups is 1. The van der Waals surface area contributed by atoms with Gasteiger partial charge in [-0.2, -0.15) is 5.10 Å². The summed E-state index contributed by atoms with van der Waals surface area (Å²) in [5.41, 5.74) is 1.52. The van der Waals surface area contributed by atoms with Crippen molar-refractivity contribution in [2.75, 3.05) is 5.32 Å². The highest BCUT2D eigenvalue weighted by Crippen LogP contribution is 2.23. The van der Waals surface area contributed by atoms with Crippen LogP contribution in [0.15, 0.2) is 40.8 Å². The molecular weight excluding hydrogens is 312 g/mol. The second kappa shape index (κ2) is 5.99. The number of H-pyrrole nitrogens is 1. The van der Waals surface area contributed by atoms with Gasteiger partial charge in [-0.15, -0.1) is 0 Å². The van der Waals surface area contributed by atoms with Crippen molar-refractivity contribution >= 4 is 17.3 Å². The van der Waals surface area contributed by atoms with Gasteiger partial charge in [0.05, 0.1) is 4.92 Å². The molecule has 3 aromatic rings. The van der Waals surface area contributed by atoms with Crippen LogP contribution in [0.25, 0.3) is 11.5 Å². The maximum absolute atomic E-state index is 12.2. The van der Waals surface area contributed by atoms with Gasteiger partial charge in [0, 0.05) is 23.4 Å². The van der Waals surface area contributed by atoms with E-state index in [4.69, 9.17) is 4.42 Å². The van der Waals surface area contributed by atoms with Crippen molar-refractivity contribution < 1.29 is 14.1 Å². The monoisotopic (exact) mass is 326 g/mol. The first kappa shape index (κ1) is 15.5. The van der Waals surface area contributed by atoms with Crippen LogP contribution >= 0.6 is 0 Å². The summed E-state index contributed by atoms with van der Waals surface area (Å²) in [6.07, 6.45) is 0. The Bertz CT molecular complexity index is 926. The van der Waals surface area contributed by atoms with Crippen molar-refractivity contribution in [3.05, 3.63) is 63.5 Å². The molecule has 1 aromatic carbocycles. The van der Waals surface area contributed by atoms with Crippen molar-refractivity contribution in [2.45, 2.75) is 13.8 Å². The minimum atomic E-state index is -0.489. The maximum atomic E-state index is 12.2. The average Bonchev–Trinajstić information content (AvgIpc) is 3.17. The smallest absolute Gasteiger partial charge is 0.276 e. The molecule has 0 saturated heterocycles. The lowest BCUT2D eigenvalue weighted by Gasteiger charge is -2.04. The number of aromatic nitrogens is 2. The van der Waals surface area contributed by atoms with Gasteiger partial charge in [-0.1, -0.05) is 6.07 Å². The third kappa shape index (κ3) is 3.02. The molecule has 0 radical (unpaired) electrons. The first-order valence-electron chi connectivity index (χ1n) is 7.12. The number of carbonyl (C=O) groups excluding carboxylic acids is 1. The Morgan fingerprint density at radius 1 is 1.25 bits per heavy atom. The lowest BCUT2D eigenvalue weighted by atomic mass is 10.2. The molecule has 0 fully saturated rings. The molecule has 122 valence electrons. The van der Waals surface area contributed by atoms with Gasteiger partial charge in [0.25, 0.3) is 11.6 Å². The van der Waals surface area contributed by atoms with E-state index in [-0.39, 0.29) is 11.4 Å². The van der Waals surface area contributed by atoms with Crippen molar-refractivity contribution in [2.24, 2.45) is 0 Å². The van der Waals surface area contributed by atoms with E-state index in [1.54, 1.807) is 37.3 Å². The minimum Gasteiger partial charge on any atom is -0.460 e. The molecule has 0 spiro atoms. The van der Waals surface area contributed by atoms with Gasteiger partial charge in [-0.3, -0.25) is 20.0 Å². The molecule has 0 bridgehead atoms. The van der Waals surface area contributed by atoms with Crippen molar-refractivity contribution in [1.82, 2.24) is 10.2 Å². The first-order chi connectivity index (χ1) is 11.4. The molecule has 1 amide bonds. The molecule has 0 aliphatic rings. The van der Waals surface area contributed by atoms with Crippen molar-refractivity contribution in [3.8, 4) is 11.5 Å². The summed E-state index contributed by atoms with van der Waals surface area (Å²) in [6.45, 7) is 3.45. The molecule has 0 atom stereocenters. The van der Waals surface area contributed by atoms with Crippen LogP contribution in [0.3, 0.4) is 0 Å². The van der Waals surface area contributed by atoms with E-state index in [2.05, 4.69) is 15.5 Å². The number of nitrogens with one attached hydrogen (secondary N) is 2. The quantitative estimate of drug-likeness (QED) is 0.563. The van der Waals surface area contributed by atoms with Crippen LogP contribution in [0.4, 0.5) is 11.4 Å². The number of nitro groups is 1. The van der Waals surface area contributed by atoms with E-state index in [1.165, 1.54) is 6.07 Å². The molecule has 8 heteroatoms. The normalized spacial score (nSPS) is 10.6. The molecule has 2 N–H and O–H groups in total. The Morgan fingerprint density at radius 3 is 2.71 bits per heavy atom. The maximum Gasteiger partial charge on any atom is 0.276 e. The van der Waals surface area contributed by atoms with Crippen molar-refractivity contribution in [3.63, 3.8) is 0 Å². The van der Waals surface area contributed by atoms with E-state index in [0.29, 0.717) is 22.7 Å². The molecule has 0 unspecified atom stereocenters. The fourth-order valence-electron chi connectivity index (χ4n) is 2.22. The van der Waals surface area contributed by atoms with Crippen LogP contribution in [-0.2, 0) is 0 Å². The Hall–Kier alpha value is -3.42. The van der Waals surface area contributed by atoms with Gasteiger partial charge in [0.15, 0.2) is 11.5 Å². The summed E-state index contributed by atoms with van der Waals surface area (Å²) in [5, 5.41) is 20.2. The van der Waals surface area contributed by atoms with Gasteiger partial charge in [0.1, 0.15) is 11.5 Å². The van der Waals surface area contributed by atoms with Crippen LogP contribution in [-0.4, -0.2) is 21.0 Å². The highest BCUT2D eigenvalue weighted by Gasteiger charge is 2.16. The number of rotatable bonds is 4. The topological polar surface area (TPSA) is 114 Å². The van der Waals surface area contributed by atoms with E-state index < -0.39 is 10.8 Å². The number of hydrogen-bond acceptors (Lipinski definition) is 5. The van der Waals surface area contributed by atoms with Gasteiger partial charge >= 0.3 is 0 Å². The largest absolute Gasteiger partial charge is 0.460 e. The highest BCUT2D eigenvalue weighted by atomic mass is 16.6. The Kier molecular flexibility index (Phi) is 3.87. The average molecular weight is 326 g/mol. The van der Waals surface area contributed by atoms with Crippen LogP contribution in [0.5, 0.6) is 0 Å². The summed E-state index contributed by atoms with van der Waals surface area (Å²) >= 11 is 0. The molecule has 0 saturated carbocycles. The van der Waals surface area contributed by atoms with Gasteiger partial charge in [-0.05, 0) is 32.0 Å². The Morgan fingerprint density at radius 2 is 2.04 bits per heavy atom. The molecule has 0 aliphatic heterocycles. The Labute approximate surface area is 136 Å². The number of benzene rings is 1. The number of aromatic amines is 1. The summed E-state index contributed by atoms with van der Waals surface area (Å²) in [6, 6.07) is 9.63. The van der Waals surface area contributed by atoms with Gasteiger partial charge in [0.2, 0.25) is 0 Å².